The van der Waals surface area contributed by atoms with Crippen LogP contribution in [-0.2, 0) is 14.3 Å². The Labute approximate surface area is 128 Å². The smallest absolute Gasteiger partial charge is 0.303 e. The minimum absolute atomic E-state index is 0.131. The van der Waals surface area contributed by atoms with Gasteiger partial charge in [-0.05, 0) is 19.3 Å². The molecule has 0 bridgehead atoms. The van der Waals surface area contributed by atoms with Crippen LogP contribution in [0.1, 0.15) is 25.7 Å². The van der Waals surface area contributed by atoms with E-state index in [2.05, 4.69) is 0 Å². The second kappa shape index (κ2) is 9.88. The first kappa shape index (κ1) is 19.0. The molecule has 1 rings (SSSR count). The van der Waals surface area contributed by atoms with E-state index in [1.165, 1.54) is 0 Å². The SMILES string of the molecule is O=C(O)CCC/C=C\CCO[C@@H]1O[C@H](CO)[C@@H](O)[C@H](O)[C@H]1O. The monoisotopic (exact) mass is 320 g/mol. The van der Waals surface area contributed by atoms with Crippen molar-refractivity contribution in [3.05, 3.63) is 12.2 Å². The maximum Gasteiger partial charge on any atom is 0.303 e. The lowest BCUT2D eigenvalue weighted by Crippen LogP contribution is -2.59. The molecule has 0 aromatic heterocycles. The highest BCUT2D eigenvalue weighted by molar-refractivity contribution is 5.66. The number of hydrogen-bond donors (Lipinski definition) is 5. The third kappa shape index (κ3) is 5.99. The van der Waals surface area contributed by atoms with Gasteiger partial charge in [-0.2, -0.15) is 0 Å². The Kier molecular flexibility index (Phi) is 8.54. The van der Waals surface area contributed by atoms with Gasteiger partial charge in [0.1, 0.15) is 24.4 Å². The van der Waals surface area contributed by atoms with Crippen molar-refractivity contribution in [3.8, 4) is 0 Å². The van der Waals surface area contributed by atoms with Crippen molar-refractivity contribution in [3.63, 3.8) is 0 Å². The Morgan fingerprint density at radius 2 is 1.77 bits per heavy atom. The van der Waals surface area contributed by atoms with Crippen molar-refractivity contribution in [1.29, 1.82) is 0 Å². The molecule has 0 spiro atoms. The van der Waals surface area contributed by atoms with Gasteiger partial charge < -0.3 is 35.0 Å². The van der Waals surface area contributed by atoms with E-state index in [1.54, 1.807) is 0 Å². The normalized spacial score (nSPS) is 32.5. The molecule has 0 aliphatic carbocycles. The molecule has 0 radical (unpaired) electrons. The Hall–Kier alpha value is -1.03. The van der Waals surface area contributed by atoms with Gasteiger partial charge in [0, 0.05) is 6.42 Å². The summed E-state index contributed by atoms with van der Waals surface area (Å²) in [6.45, 7) is -0.271. The third-order valence-electron chi connectivity index (χ3n) is 3.34. The fraction of sp³-hybridized carbons (Fsp3) is 0.786. The number of aliphatic hydroxyl groups excluding tert-OH is 4. The van der Waals surface area contributed by atoms with Crippen molar-refractivity contribution in [2.24, 2.45) is 0 Å². The predicted octanol–water partition coefficient (Wildman–Crippen LogP) is -0.996. The van der Waals surface area contributed by atoms with Crippen LogP contribution in [0.4, 0.5) is 0 Å². The minimum Gasteiger partial charge on any atom is -0.481 e. The number of carboxylic acid groups (broad SMARTS) is 1. The molecule has 1 saturated heterocycles. The average molecular weight is 320 g/mol. The highest BCUT2D eigenvalue weighted by Gasteiger charge is 2.43. The van der Waals surface area contributed by atoms with E-state index >= 15 is 0 Å². The molecule has 1 heterocycles. The van der Waals surface area contributed by atoms with Gasteiger partial charge in [-0.25, -0.2) is 0 Å². The number of carboxylic acids is 1. The van der Waals surface area contributed by atoms with Gasteiger partial charge in [0.05, 0.1) is 13.2 Å². The Morgan fingerprint density at radius 1 is 1.09 bits per heavy atom. The lowest BCUT2D eigenvalue weighted by atomic mass is 9.99. The first-order valence-corrected chi connectivity index (χ1v) is 7.26. The van der Waals surface area contributed by atoms with Crippen LogP contribution < -0.4 is 0 Å². The summed E-state index contributed by atoms with van der Waals surface area (Å²) in [4.78, 5) is 10.3. The number of aliphatic carboxylic acids is 1. The topological polar surface area (TPSA) is 137 Å². The van der Waals surface area contributed by atoms with Gasteiger partial charge in [-0.1, -0.05) is 12.2 Å². The van der Waals surface area contributed by atoms with E-state index < -0.39 is 43.3 Å². The first-order chi connectivity index (χ1) is 10.5. The molecule has 1 aliphatic heterocycles. The van der Waals surface area contributed by atoms with Crippen molar-refractivity contribution in [2.75, 3.05) is 13.2 Å². The summed E-state index contributed by atoms with van der Waals surface area (Å²) in [5.74, 6) is -0.820. The van der Waals surface area contributed by atoms with Crippen LogP contribution in [0.5, 0.6) is 0 Å². The summed E-state index contributed by atoms with van der Waals surface area (Å²) >= 11 is 0. The average Bonchev–Trinajstić information content (AvgIpc) is 2.49. The lowest BCUT2D eigenvalue weighted by Gasteiger charge is -2.39. The van der Waals surface area contributed by atoms with Crippen LogP contribution in [0.25, 0.3) is 0 Å². The predicted molar refractivity (Wildman–Crippen MR) is 75.0 cm³/mol. The summed E-state index contributed by atoms with van der Waals surface area (Å²) in [5.41, 5.74) is 0. The molecule has 0 aromatic carbocycles. The number of unbranched alkanes of at least 4 members (excludes halogenated alkanes) is 1. The van der Waals surface area contributed by atoms with Crippen molar-refractivity contribution < 1.29 is 39.8 Å². The second-order valence-electron chi connectivity index (χ2n) is 5.11. The largest absolute Gasteiger partial charge is 0.481 e. The quantitative estimate of drug-likeness (QED) is 0.270. The number of carbonyl (C=O) groups is 1. The fourth-order valence-electron chi connectivity index (χ4n) is 2.06. The maximum atomic E-state index is 10.3. The van der Waals surface area contributed by atoms with E-state index in [0.717, 1.165) is 0 Å². The summed E-state index contributed by atoms with van der Waals surface area (Å²) in [6, 6.07) is 0. The molecule has 22 heavy (non-hydrogen) atoms. The van der Waals surface area contributed by atoms with Crippen LogP contribution in [0.2, 0.25) is 0 Å². The standard InChI is InChI=1S/C14H24O8/c15-8-9-11(18)12(19)13(20)14(22-9)21-7-5-3-1-2-4-6-10(16)17/h1,3,9,11-15,18-20H,2,4-8H2,(H,16,17)/b3-1-/t9-,11-,12+,13-,14-/m1/s1. The molecule has 5 N–H and O–H groups in total. The number of rotatable bonds is 9. The van der Waals surface area contributed by atoms with Gasteiger partial charge in [0.25, 0.3) is 0 Å². The molecule has 128 valence electrons. The van der Waals surface area contributed by atoms with E-state index in [-0.39, 0.29) is 13.0 Å². The maximum absolute atomic E-state index is 10.3. The van der Waals surface area contributed by atoms with E-state index in [0.29, 0.717) is 19.3 Å². The Balaban J connectivity index is 2.23. The molecule has 5 atom stereocenters. The van der Waals surface area contributed by atoms with Gasteiger partial charge >= 0.3 is 5.97 Å². The fourth-order valence-corrected chi connectivity index (χ4v) is 2.06. The molecule has 8 nitrogen and oxygen atoms in total. The summed E-state index contributed by atoms with van der Waals surface area (Å²) < 4.78 is 10.5. The van der Waals surface area contributed by atoms with Crippen molar-refractivity contribution >= 4 is 5.97 Å². The molecule has 1 aliphatic rings. The lowest BCUT2D eigenvalue weighted by molar-refractivity contribution is -0.300. The van der Waals surface area contributed by atoms with Crippen molar-refractivity contribution in [1.82, 2.24) is 0 Å². The summed E-state index contributed by atoms with van der Waals surface area (Å²) in [6.07, 6.45) is -0.759. The summed E-state index contributed by atoms with van der Waals surface area (Å²) in [5, 5.41) is 46.4. The van der Waals surface area contributed by atoms with Gasteiger partial charge in [0.15, 0.2) is 6.29 Å². The number of hydrogen-bond acceptors (Lipinski definition) is 7. The molecule has 0 saturated carbocycles. The Morgan fingerprint density at radius 3 is 2.41 bits per heavy atom. The highest BCUT2D eigenvalue weighted by atomic mass is 16.7. The van der Waals surface area contributed by atoms with Crippen molar-refractivity contribution in [2.45, 2.75) is 56.4 Å². The van der Waals surface area contributed by atoms with Gasteiger partial charge in [-0.3, -0.25) is 4.79 Å². The number of ether oxygens (including phenoxy) is 2. The van der Waals surface area contributed by atoms with Crippen LogP contribution in [0.3, 0.4) is 0 Å². The number of allylic oxidation sites excluding steroid dienone is 1. The second-order valence-corrected chi connectivity index (χ2v) is 5.11. The van der Waals surface area contributed by atoms with E-state index in [1.807, 2.05) is 12.2 Å². The molecule has 0 amide bonds. The molecule has 0 unspecified atom stereocenters. The van der Waals surface area contributed by atoms with Gasteiger partial charge in [-0.15, -0.1) is 0 Å². The van der Waals surface area contributed by atoms with Crippen LogP contribution in [0.15, 0.2) is 12.2 Å². The molecular weight excluding hydrogens is 296 g/mol. The van der Waals surface area contributed by atoms with Crippen LogP contribution in [-0.4, -0.2) is 75.4 Å². The Bertz CT molecular complexity index is 357. The molecular formula is C14H24O8. The third-order valence-corrected chi connectivity index (χ3v) is 3.34. The molecule has 1 fully saturated rings. The van der Waals surface area contributed by atoms with Gasteiger partial charge in [0.2, 0.25) is 0 Å². The minimum atomic E-state index is -1.44. The molecule has 8 heteroatoms. The number of aliphatic hydroxyl groups is 4. The highest BCUT2D eigenvalue weighted by Crippen LogP contribution is 2.21. The summed E-state index contributed by atoms with van der Waals surface area (Å²) in [7, 11) is 0. The zero-order valence-electron chi connectivity index (χ0n) is 12.2. The van der Waals surface area contributed by atoms with Crippen LogP contribution in [0, 0.1) is 0 Å². The molecule has 0 aromatic rings. The van der Waals surface area contributed by atoms with E-state index in [4.69, 9.17) is 19.7 Å². The zero-order chi connectivity index (χ0) is 16.5. The van der Waals surface area contributed by atoms with E-state index in [9.17, 15) is 20.1 Å². The zero-order valence-corrected chi connectivity index (χ0v) is 12.2. The first-order valence-electron chi connectivity index (χ1n) is 7.26. The van der Waals surface area contributed by atoms with Crippen LogP contribution >= 0.6 is 0 Å².